The minimum atomic E-state index is -0.138. The second-order valence-corrected chi connectivity index (χ2v) is 6.04. The molecule has 5 heteroatoms. The van der Waals surface area contributed by atoms with Crippen molar-refractivity contribution in [2.45, 2.75) is 36.9 Å². The van der Waals surface area contributed by atoms with Crippen molar-refractivity contribution in [2.75, 3.05) is 5.75 Å². The molecule has 1 aromatic heterocycles. The standard InChI is InChI=1S/C15H19N3OS/c1-2-7-18-9-11(8-17-18)15(16)13-10-20-14-6-4-3-5-12(14)19-13/h3-6,8-9,13,15H,2,7,10,16H2,1H3. The fourth-order valence-corrected chi connectivity index (χ4v) is 3.38. The fraction of sp³-hybridized carbons (Fsp3) is 0.400. The number of nitrogens with zero attached hydrogens (tertiary/aromatic N) is 2. The maximum absolute atomic E-state index is 6.34. The van der Waals surface area contributed by atoms with Gasteiger partial charge in [-0.2, -0.15) is 5.10 Å². The van der Waals surface area contributed by atoms with Gasteiger partial charge >= 0.3 is 0 Å². The maximum atomic E-state index is 6.34. The molecule has 0 saturated heterocycles. The van der Waals surface area contributed by atoms with E-state index in [4.69, 9.17) is 10.5 Å². The second kappa shape index (κ2) is 5.89. The Balaban J connectivity index is 1.73. The quantitative estimate of drug-likeness (QED) is 0.940. The zero-order chi connectivity index (χ0) is 13.9. The average molecular weight is 289 g/mol. The first-order valence-corrected chi connectivity index (χ1v) is 7.93. The van der Waals surface area contributed by atoms with Crippen molar-refractivity contribution in [2.24, 2.45) is 5.73 Å². The number of hydrogen-bond donors (Lipinski definition) is 1. The first kappa shape index (κ1) is 13.5. The molecule has 2 atom stereocenters. The molecule has 0 radical (unpaired) electrons. The molecular weight excluding hydrogens is 270 g/mol. The lowest BCUT2D eigenvalue weighted by atomic mass is 10.1. The number of rotatable bonds is 4. The highest BCUT2D eigenvalue weighted by Gasteiger charge is 2.27. The summed E-state index contributed by atoms with van der Waals surface area (Å²) in [5.41, 5.74) is 7.39. The Bertz CT molecular complexity index is 584. The molecule has 1 aromatic carbocycles. The fourth-order valence-electron chi connectivity index (χ4n) is 2.33. The highest BCUT2D eigenvalue weighted by atomic mass is 32.2. The van der Waals surface area contributed by atoms with Gasteiger partial charge in [0.25, 0.3) is 0 Å². The van der Waals surface area contributed by atoms with E-state index in [1.54, 1.807) is 11.8 Å². The largest absolute Gasteiger partial charge is 0.486 e. The van der Waals surface area contributed by atoms with Crippen LogP contribution in [-0.2, 0) is 6.54 Å². The van der Waals surface area contributed by atoms with Crippen molar-refractivity contribution in [1.82, 2.24) is 9.78 Å². The Kier molecular flexibility index (Phi) is 3.98. The average Bonchev–Trinajstić information content (AvgIpc) is 2.95. The summed E-state index contributed by atoms with van der Waals surface area (Å²) in [6.45, 7) is 3.06. The molecule has 2 N–H and O–H groups in total. The van der Waals surface area contributed by atoms with Gasteiger partial charge in [-0.1, -0.05) is 19.1 Å². The molecule has 3 rings (SSSR count). The van der Waals surface area contributed by atoms with E-state index in [-0.39, 0.29) is 12.1 Å². The molecule has 20 heavy (non-hydrogen) atoms. The Morgan fingerprint density at radius 2 is 2.35 bits per heavy atom. The number of para-hydroxylation sites is 1. The van der Waals surface area contributed by atoms with Crippen molar-refractivity contribution >= 4 is 11.8 Å². The summed E-state index contributed by atoms with van der Waals surface area (Å²) in [4.78, 5) is 1.19. The maximum Gasteiger partial charge on any atom is 0.133 e. The van der Waals surface area contributed by atoms with E-state index >= 15 is 0 Å². The Labute approximate surface area is 123 Å². The summed E-state index contributed by atoms with van der Waals surface area (Å²) in [7, 11) is 0. The van der Waals surface area contributed by atoms with Crippen LogP contribution in [0.25, 0.3) is 0 Å². The van der Waals surface area contributed by atoms with Gasteiger partial charge in [0.2, 0.25) is 0 Å². The molecule has 2 heterocycles. The number of ether oxygens (including phenoxy) is 1. The number of fused-ring (bicyclic) bond motifs is 1. The lowest BCUT2D eigenvalue weighted by Crippen LogP contribution is -2.35. The zero-order valence-electron chi connectivity index (χ0n) is 11.5. The summed E-state index contributed by atoms with van der Waals surface area (Å²) in [5.74, 6) is 1.81. The minimum absolute atomic E-state index is 0.00539. The molecule has 0 amide bonds. The van der Waals surface area contributed by atoms with Crippen LogP contribution in [0.5, 0.6) is 5.75 Å². The van der Waals surface area contributed by atoms with Gasteiger partial charge in [-0.05, 0) is 18.6 Å². The van der Waals surface area contributed by atoms with Crippen LogP contribution >= 0.6 is 11.8 Å². The normalized spacial score (nSPS) is 19.2. The van der Waals surface area contributed by atoms with Crippen LogP contribution in [-0.4, -0.2) is 21.6 Å². The topological polar surface area (TPSA) is 53.1 Å². The minimum Gasteiger partial charge on any atom is -0.486 e. The van der Waals surface area contributed by atoms with E-state index < -0.39 is 0 Å². The lowest BCUT2D eigenvalue weighted by molar-refractivity contribution is 0.185. The molecule has 0 bridgehead atoms. The first-order valence-electron chi connectivity index (χ1n) is 6.94. The van der Waals surface area contributed by atoms with Gasteiger partial charge in [-0.15, -0.1) is 11.8 Å². The van der Waals surface area contributed by atoms with Crippen molar-refractivity contribution < 1.29 is 4.74 Å². The monoisotopic (exact) mass is 289 g/mol. The van der Waals surface area contributed by atoms with Crippen molar-refractivity contribution in [3.8, 4) is 5.75 Å². The van der Waals surface area contributed by atoms with E-state index in [1.165, 1.54) is 4.90 Å². The molecular formula is C15H19N3OS. The number of aryl methyl sites for hydroxylation is 1. The van der Waals surface area contributed by atoms with Gasteiger partial charge in [0.05, 0.1) is 12.2 Å². The van der Waals surface area contributed by atoms with Gasteiger partial charge in [-0.3, -0.25) is 4.68 Å². The first-order chi connectivity index (χ1) is 9.78. The van der Waals surface area contributed by atoms with Crippen molar-refractivity contribution in [3.05, 3.63) is 42.2 Å². The summed E-state index contributed by atoms with van der Waals surface area (Å²) < 4.78 is 7.98. The van der Waals surface area contributed by atoms with Crippen LogP contribution in [0.4, 0.5) is 0 Å². The second-order valence-electron chi connectivity index (χ2n) is 4.98. The highest BCUT2D eigenvalue weighted by Crippen LogP contribution is 2.37. The molecule has 0 aliphatic carbocycles. The van der Waals surface area contributed by atoms with Gasteiger partial charge in [-0.25, -0.2) is 0 Å². The number of hydrogen-bond acceptors (Lipinski definition) is 4. The van der Waals surface area contributed by atoms with Gasteiger partial charge in [0, 0.05) is 29.0 Å². The SMILES string of the molecule is CCCn1cc(C(N)C2CSc3ccccc3O2)cn1. The third-order valence-corrected chi connectivity index (χ3v) is 4.57. The van der Waals surface area contributed by atoms with Crippen LogP contribution in [0.3, 0.4) is 0 Å². The number of aromatic nitrogens is 2. The zero-order valence-corrected chi connectivity index (χ0v) is 12.3. The molecule has 0 fully saturated rings. The number of nitrogens with two attached hydrogens (primary N) is 1. The summed E-state index contributed by atoms with van der Waals surface area (Å²) in [5, 5.41) is 4.34. The number of benzene rings is 1. The predicted molar refractivity (Wildman–Crippen MR) is 81.0 cm³/mol. The molecule has 106 valence electrons. The molecule has 2 aromatic rings. The van der Waals surface area contributed by atoms with Crippen LogP contribution in [0.2, 0.25) is 0 Å². The summed E-state index contributed by atoms with van der Waals surface area (Å²) >= 11 is 1.80. The van der Waals surface area contributed by atoms with E-state index in [9.17, 15) is 0 Å². The summed E-state index contributed by atoms with van der Waals surface area (Å²) in [6, 6.07) is 7.97. The Morgan fingerprint density at radius 1 is 1.50 bits per heavy atom. The lowest BCUT2D eigenvalue weighted by Gasteiger charge is -2.29. The number of thioether (sulfide) groups is 1. The van der Waals surface area contributed by atoms with E-state index in [1.807, 2.05) is 35.3 Å². The molecule has 0 saturated carbocycles. The van der Waals surface area contributed by atoms with E-state index in [0.29, 0.717) is 0 Å². The highest BCUT2D eigenvalue weighted by molar-refractivity contribution is 7.99. The van der Waals surface area contributed by atoms with Crippen molar-refractivity contribution in [1.29, 1.82) is 0 Å². The third-order valence-electron chi connectivity index (χ3n) is 3.42. The van der Waals surface area contributed by atoms with Gasteiger partial charge in [0.1, 0.15) is 11.9 Å². The van der Waals surface area contributed by atoms with Crippen LogP contribution in [0.15, 0.2) is 41.6 Å². The van der Waals surface area contributed by atoms with Crippen molar-refractivity contribution in [3.63, 3.8) is 0 Å². The smallest absolute Gasteiger partial charge is 0.133 e. The van der Waals surface area contributed by atoms with Crippen LogP contribution in [0, 0.1) is 0 Å². The van der Waals surface area contributed by atoms with Crippen LogP contribution in [0.1, 0.15) is 24.9 Å². The molecule has 4 nitrogen and oxygen atoms in total. The molecule has 0 spiro atoms. The third kappa shape index (κ3) is 2.69. The predicted octanol–water partition coefficient (Wildman–Crippen LogP) is 2.85. The molecule has 2 unspecified atom stereocenters. The molecule has 1 aliphatic rings. The summed E-state index contributed by atoms with van der Waals surface area (Å²) in [6.07, 6.45) is 4.95. The van der Waals surface area contributed by atoms with E-state index in [0.717, 1.165) is 30.0 Å². The van der Waals surface area contributed by atoms with E-state index in [2.05, 4.69) is 18.1 Å². The van der Waals surface area contributed by atoms with Crippen LogP contribution < -0.4 is 10.5 Å². The van der Waals surface area contributed by atoms with Gasteiger partial charge in [0.15, 0.2) is 0 Å². The Hall–Kier alpha value is -1.46. The Morgan fingerprint density at radius 3 is 3.20 bits per heavy atom. The van der Waals surface area contributed by atoms with Gasteiger partial charge < -0.3 is 10.5 Å². The molecule has 1 aliphatic heterocycles.